The molecule has 0 amide bonds. The maximum absolute atomic E-state index is 5.82. The second-order valence-electron chi connectivity index (χ2n) is 7.50. The van der Waals surface area contributed by atoms with Crippen molar-refractivity contribution in [3.8, 4) is 0 Å². The number of furan rings is 1. The molecule has 26 heavy (non-hydrogen) atoms. The lowest BCUT2D eigenvalue weighted by Gasteiger charge is -2.36. The van der Waals surface area contributed by atoms with Gasteiger partial charge in [0.1, 0.15) is 11.5 Å². The summed E-state index contributed by atoms with van der Waals surface area (Å²) in [4.78, 5) is 2.46. The lowest BCUT2D eigenvalue weighted by molar-refractivity contribution is 0.0533. The lowest BCUT2D eigenvalue weighted by Crippen LogP contribution is -2.38. The third kappa shape index (κ3) is 3.72. The van der Waals surface area contributed by atoms with Gasteiger partial charge in [-0.1, -0.05) is 0 Å². The summed E-state index contributed by atoms with van der Waals surface area (Å²) in [7, 11) is 1.78. The number of rotatable bonds is 6. The average Bonchev–Trinajstić information content (AvgIpc) is 3.24. The summed E-state index contributed by atoms with van der Waals surface area (Å²) < 4.78 is 19.1. The van der Waals surface area contributed by atoms with Crippen molar-refractivity contribution in [3.05, 3.63) is 41.1 Å². The molecule has 0 N–H and O–H groups in total. The van der Waals surface area contributed by atoms with E-state index in [9.17, 15) is 0 Å². The monoisotopic (exact) mass is 359 g/mol. The van der Waals surface area contributed by atoms with Crippen LogP contribution in [0.1, 0.15) is 41.7 Å². The summed E-state index contributed by atoms with van der Waals surface area (Å²) in [6.45, 7) is 7.21. The summed E-state index contributed by atoms with van der Waals surface area (Å²) >= 11 is 0. The lowest BCUT2D eigenvalue weighted by atomic mass is 9.97. The van der Waals surface area contributed by atoms with Crippen LogP contribution < -0.4 is 0 Å². The number of fused-ring (bicyclic) bond motifs is 1. The molecule has 0 radical (unpaired) electrons. The van der Waals surface area contributed by atoms with E-state index >= 15 is 0 Å². The smallest absolute Gasteiger partial charge is 0.118 e. The van der Waals surface area contributed by atoms with E-state index < -0.39 is 0 Å². The Hall–Kier alpha value is -1.63. The van der Waals surface area contributed by atoms with Gasteiger partial charge in [-0.25, -0.2) is 0 Å². The Morgan fingerprint density at radius 3 is 2.85 bits per heavy atom. The van der Waals surface area contributed by atoms with Gasteiger partial charge in [0.15, 0.2) is 0 Å². The van der Waals surface area contributed by atoms with Crippen LogP contribution in [0.25, 0.3) is 0 Å². The minimum Gasteiger partial charge on any atom is -0.465 e. The Morgan fingerprint density at radius 2 is 2.12 bits per heavy atom. The quantitative estimate of drug-likeness (QED) is 0.794. The minimum absolute atomic E-state index is 0.219. The van der Waals surface area contributed by atoms with E-state index in [-0.39, 0.29) is 6.04 Å². The molecular weight excluding hydrogens is 330 g/mol. The van der Waals surface area contributed by atoms with E-state index in [1.165, 1.54) is 11.3 Å². The van der Waals surface area contributed by atoms with Crippen LogP contribution in [0, 0.1) is 12.8 Å². The fourth-order valence-electron chi connectivity index (χ4n) is 4.23. The van der Waals surface area contributed by atoms with Crippen molar-refractivity contribution < 1.29 is 13.9 Å². The third-order valence-corrected chi connectivity index (χ3v) is 5.64. The molecular formula is C20H29N3O3. The summed E-state index contributed by atoms with van der Waals surface area (Å²) in [5, 5.41) is 4.74. The number of hydrogen-bond acceptors (Lipinski definition) is 5. The van der Waals surface area contributed by atoms with Crippen molar-refractivity contribution in [1.82, 2.24) is 14.7 Å². The molecule has 142 valence electrons. The SMILES string of the molecule is COC[C@@H]1c2c(cnn2CC2CCOCC2)CCN1Cc1ccc(C)o1. The van der Waals surface area contributed by atoms with Gasteiger partial charge in [-0.2, -0.15) is 5.10 Å². The number of hydrogen-bond donors (Lipinski definition) is 0. The molecule has 2 aliphatic heterocycles. The molecule has 2 aromatic rings. The van der Waals surface area contributed by atoms with Crippen LogP contribution in [-0.2, 0) is 29.0 Å². The van der Waals surface area contributed by atoms with Gasteiger partial charge in [0.25, 0.3) is 0 Å². The van der Waals surface area contributed by atoms with Gasteiger partial charge in [0.05, 0.1) is 31.1 Å². The van der Waals surface area contributed by atoms with Gasteiger partial charge >= 0.3 is 0 Å². The van der Waals surface area contributed by atoms with Gasteiger partial charge in [-0.3, -0.25) is 9.58 Å². The van der Waals surface area contributed by atoms with Crippen molar-refractivity contribution in [1.29, 1.82) is 0 Å². The van der Waals surface area contributed by atoms with E-state index in [1.807, 2.05) is 13.0 Å². The summed E-state index contributed by atoms with van der Waals surface area (Å²) in [5.41, 5.74) is 2.69. The standard InChI is InChI=1S/C20H29N3O3/c1-15-3-4-18(26-15)13-22-8-5-17-11-21-23(20(17)19(22)14-24-2)12-16-6-9-25-10-7-16/h3-4,11,16,19H,5-10,12-14H2,1-2H3/t19-/m1/s1. The predicted octanol–water partition coefficient (Wildman–Crippen LogP) is 2.96. The topological polar surface area (TPSA) is 52.7 Å². The maximum Gasteiger partial charge on any atom is 0.118 e. The summed E-state index contributed by atoms with van der Waals surface area (Å²) in [6, 6.07) is 4.33. The van der Waals surface area contributed by atoms with Gasteiger partial charge in [-0.05, 0) is 49.8 Å². The van der Waals surface area contributed by atoms with Crippen molar-refractivity contribution in [2.75, 3.05) is 33.5 Å². The Morgan fingerprint density at radius 1 is 1.27 bits per heavy atom. The Balaban J connectivity index is 1.55. The highest BCUT2D eigenvalue weighted by Gasteiger charge is 2.32. The highest BCUT2D eigenvalue weighted by molar-refractivity contribution is 5.25. The second-order valence-corrected chi connectivity index (χ2v) is 7.50. The molecule has 0 bridgehead atoms. The van der Waals surface area contributed by atoms with Crippen LogP contribution in [0.15, 0.2) is 22.7 Å². The van der Waals surface area contributed by atoms with Crippen molar-refractivity contribution in [2.45, 2.75) is 45.3 Å². The molecule has 1 fully saturated rings. The molecule has 6 nitrogen and oxygen atoms in total. The molecule has 0 spiro atoms. The number of methoxy groups -OCH3 is 1. The third-order valence-electron chi connectivity index (χ3n) is 5.64. The molecule has 2 aromatic heterocycles. The van der Waals surface area contributed by atoms with E-state index in [4.69, 9.17) is 19.0 Å². The first kappa shape index (κ1) is 17.8. The van der Waals surface area contributed by atoms with Gasteiger partial charge in [0.2, 0.25) is 0 Å². The second kappa shape index (κ2) is 7.94. The zero-order valence-corrected chi connectivity index (χ0v) is 15.8. The first-order valence-electron chi connectivity index (χ1n) is 9.65. The first-order valence-corrected chi connectivity index (χ1v) is 9.65. The highest BCUT2D eigenvalue weighted by atomic mass is 16.5. The number of aryl methyl sites for hydroxylation is 1. The van der Waals surface area contributed by atoms with Gasteiger partial charge < -0.3 is 13.9 Å². The Kier molecular flexibility index (Phi) is 5.43. The number of ether oxygens (including phenoxy) is 2. The summed E-state index contributed by atoms with van der Waals surface area (Å²) in [6.07, 6.45) is 5.34. The summed E-state index contributed by atoms with van der Waals surface area (Å²) in [5.74, 6) is 2.63. The van der Waals surface area contributed by atoms with Crippen LogP contribution in [0.5, 0.6) is 0 Å². The fraction of sp³-hybridized carbons (Fsp3) is 0.650. The zero-order valence-electron chi connectivity index (χ0n) is 15.8. The zero-order chi connectivity index (χ0) is 17.9. The molecule has 1 atom stereocenters. The Bertz CT molecular complexity index is 718. The molecule has 0 aliphatic carbocycles. The normalized spacial score (nSPS) is 21.8. The van der Waals surface area contributed by atoms with Crippen LogP contribution in [0.3, 0.4) is 0 Å². The van der Waals surface area contributed by atoms with E-state index in [2.05, 4.69) is 21.8 Å². The number of nitrogens with zero attached hydrogens (tertiary/aromatic N) is 3. The largest absolute Gasteiger partial charge is 0.465 e. The van der Waals surface area contributed by atoms with Gasteiger partial charge in [-0.15, -0.1) is 0 Å². The van der Waals surface area contributed by atoms with E-state index in [1.54, 1.807) is 7.11 Å². The fourth-order valence-corrected chi connectivity index (χ4v) is 4.23. The van der Waals surface area contributed by atoms with E-state index in [0.717, 1.165) is 63.6 Å². The van der Waals surface area contributed by atoms with Crippen molar-refractivity contribution in [3.63, 3.8) is 0 Å². The Labute approximate surface area is 155 Å². The van der Waals surface area contributed by atoms with Crippen LogP contribution >= 0.6 is 0 Å². The average molecular weight is 359 g/mol. The van der Waals surface area contributed by atoms with Crippen LogP contribution in [0.2, 0.25) is 0 Å². The minimum atomic E-state index is 0.219. The van der Waals surface area contributed by atoms with Crippen LogP contribution in [-0.4, -0.2) is 48.2 Å². The van der Waals surface area contributed by atoms with Gasteiger partial charge in [0, 0.05) is 33.4 Å². The first-order chi connectivity index (χ1) is 12.7. The van der Waals surface area contributed by atoms with Crippen molar-refractivity contribution >= 4 is 0 Å². The molecule has 1 saturated heterocycles. The molecule has 4 rings (SSSR count). The molecule has 6 heteroatoms. The number of aromatic nitrogens is 2. The maximum atomic E-state index is 5.82. The van der Waals surface area contributed by atoms with Crippen LogP contribution in [0.4, 0.5) is 0 Å². The molecule has 0 unspecified atom stereocenters. The highest BCUT2D eigenvalue weighted by Crippen LogP contribution is 2.32. The predicted molar refractivity (Wildman–Crippen MR) is 97.9 cm³/mol. The van der Waals surface area contributed by atoms with Crippen molar-refractivity contribution in [2.24, 2.45) is 5.92 Å². The molecule has 4 heterocycles. The molecule has 2 aliphatic rings. The molecule has 0 saturated carbocycles. The van der Waals surface area contributed by atoms with E-state index in [0.29, 0.717) is 12.5 Å². The molecule has 0 aromatic carbocycles.